The van der Waals surface area contributed by atoms with Gasteiger partial charge in [0.05, 0.1) is 27.5 Å². The molecule has 0 aliphatic heterocycles. The van der Waals surface area contributed by atoms with Crippen molar-refractivity contribution in [3.8, 4) is 0 Å². The second-order valence-electron chi connectivity index (χ2n) is 6.44. The summed E-state index contributed by atoms with van der Waals surface area (Å²) in [7, 11) is 0. The Morgan fingerprint density at radius 1 is 1.14 bits per heavy atom. The van der Waals surface area contributed by atoms with Crippen molar-refractivity contribution in [1.29, 1.82) is 0 Å². The molecule has 0 atom stereocenters. The summed E-state index contributed by atoms with van der Waals surface area (Å²) in [4.78, 5) is 24.8. The van der Waals surface area contributed by atoms with Crippen LogP contribution in [0.4, 0.5) is 23.0 Å². The molecule has 4 aromatic rings. The van der Waals surface area contributed by atoms with Gasteiger partial charge in [-0.15, -0.1) is 0 Å². The number of hydrogen-bond donors (Lipinski definition) is 3. The summed E-state index contributed by atoms with van der Waals surface area (Å²) in [6.07, 6.45) is 4.78. The normalized spacial score (nSPS) is 10.7. The van der Waals surface area contributed by atoms with Crippen molar-refractivity contribution in [2.24, 2.45) is 0 Å². The van der Waals surface area contributed by atoms with E-state index in [9.17, 15) is 4.79 Å². The highest BCUT2D eigenvalue weighted by Crippen LogP contribution is 2.36. The smallest absolute Gasteiger partial charge is 0.257 e. The predicted octanol–water partition coefficient (Wildman–Crippen LogP) is 4.56. The van der Waals surface area contributed by atoms with Crippen molar-refractivity contribution < 1.29 is 4.79 Å². The number of aryl methyl sites for hydroxylation is 1. The molecule has 2 aromatic carbocycles. The summed E-state index contributed by atoms with van der Waals surface area (Å²) in [5, 5.41) is 7.53. The molecule has 0 saturated carbocycles. The number of nitrogens with two attached hydrogens (primary N) is 1. The van der Waals surface area contributed by atoms with Gasteiger partial charge in [0.1, 0.15) is 0 Å². The lowest BCUT2D eigenvalue weighted by Gasteiger charge is -2.16. The Bertz CT molecular complexity index is 1210. The van der Waals surface area contributed by atoms with Gasteiger partial charge in [0, 0.05) is 29.7 Å². The third-order valence-corrected chi connectivity index (χ3v) is 4.86. The van der Waals surface area contributed by atoms with E-state index in [1.165, 1.54) is 6.20 Å². The number of pyridine rings is 1. The molecule has 0 fully saturated rings. The van der Waals surface area contributed by atoms with Crippen LogP contribution in [0.1, 0.15) is 15.9 Å². The largest absolute Gasteiger partial charge is 0.368 e. The number of amides is 1. The number of fused-ring (bicyclic) bond motifs is 1. The van der Waals surface area contributed by atoms with E-state index < -0.39 is 0 Å². The predicted molar refractivity (Wildman–Crippen MR) is 116 cm³/mol. The summed E-state index contributed by atoms with van der Waals surface area (Å²) in [6.45, 7) is 1.90. The summed E-state index contributed by atoms with van der Waals surface area (Å²) in [5.41, 5.74) is 9.64. The molecule has 2 heterocycles. The van der Waals surface area contributed by atoms with Gasteiger partial charge >= 0.3 is 0 Å². The highest BCUT2D eigenvalue weighted by molar-refractivity contribution is 6.35. The topological polar surface area (TPSA) is 106 Å². The maximum Gasteiger partial charge on any atom is 0.257 e. The van der Waals surface area contributed by atoms with E-state index >= 15 is 0 Å². The van der Waals surface area contributed by atoms with Gasteiger partial charge < -0.3 is 16.4 Å². The van der Waals surface area contributed by atoms with Crippen LogP contribution in [-0.2, 0) is 0 Å². The van der Waals surface area contributed by atoms with Gasteiger partial charge in [-0.2, -0.15) is 0 Å². The van der Waals surface area contributed by atoms with E-state index in [0.29, 0.717) is 22.0 Å². The highest BCUT2D eigenvalue weighted by Gasteiger charge is 2.14. The standard InChI is InChI=1S/C21H17ClN6O/c1-12-4-6-17(27-20(29)13-3-2-8-24-10-13)19(18(12)22)26-15-5-7-16-14(9-15)11-25-21(23)28-16/h2-11,26H,1H3,(H,27,29)(H2,23,25,28). The summed E-state index contributed by atoms with van der Waals surface area (Å²) < 4.78 is 0. The zero-order chi connectivity index (χ0) is 20.4. The zero-order valence-corrected chi connectivity index (χ0v) is 16.2. The molecule has 1 amide bonds. The number of nitrogen functional groups attached to an aromatic ring is 1. The van der Waals surface area contributed by atoms with Gasteiger partial charge in [-0.25, -0.2) is 9.97 Å². The van der Waals surface area contributed by atoms with E-state index in [1.807, 2.05) is 37.3 Å². The molecule has 0 aliphatic rings. The number of benzene rings is 2. The fraction of sp³-hybridized carbons (Fsp3) is 0.0476. The Labute approximate surface area is 172 Å². The third-order valence-electron chi connectivity index (χ3n) is 4.37. The molecule has 0 radical (unpaired) electrons. The van der Waals surface area contributed by atoms with Crippen LogP contribution in [-0.4, -0.2) is 20.9 Å². The summed E-state index contributed by atoms with van der Waals surface area (Å²) in [5.74, 6) is -0.0520. The van der Waals surface area contributed by atoms with Gasteiger partial charge in [-0.05, 0) is 48.9 Å². The minimum absolute atomic E-state index is 0.223. The van der Waals surface area contributed by atoms with Crippen LogP contribution in [0.5, 0.6) is 0 Å². The molecule has 7 nitrogen and oxygen atoms in total. The minimum atomic E-state index is -0.275. The first kappa shape index (κ1) is 18.6. The van der Waals surface area contributed by atoms with Crippen molar-refractivity contribution in [2.45, 2.75) is 6.92 Å². The Morgan fingerprint density at radius 2 is 2.00 bits per heavy atom. The lowest BCUT2D eigenvalue weighted by atomic mass is 10.1. The number of nitrogens with one attached hydrogen (secondary N) is 2. The van der Waals surface area contributed by atoms with Crippen LogP contribution in [0.15, 0.2) is 61.1 Å². The molecule has 144 valence electrons. The number of anilines is 4. The van der Waals surface area contributed by atoms with Crippen LogP contribution >= 0.6 is 11.6 Å². The number of nitrogens with zero attached hydrogens (tertiary/aromatic N) is 3. The first-order valence-corrected chi connectivity index (χ1v) is 9.19. The Morgan fingerprint density at radius 3 is 2.79 bits per heavy atom. The molecule has 4 rings (SSSR count). The van der Waals surface area contributed by atoms with Crippen LogP contribution in [0.3, 0.4) is 0 Å². The number of hydrogen-bond acceptors (Lipinski definition) is 6. The molecule has 0 spiro atoms. The third kappa shape index (κ3) is 3.95. The molecule has 0 saturated heterocycles. The monoisotopic (exact) mass is 404 g/mol. The second kappa shape index (κ2) is 7.73. The molecule has 4 N–H and O–H groups in total. The van der Waals surface area contributed by atoms with Crippen molar-refractivity contribution in [3.63, 3.8) is 0 Å². The summed E-state index contributed by atoms with van der Waals surface area (Å²) >= 11 is 6.55. The van der Waals surface area contributed by atoms with Gasteiger partial charge in [0.15, 0.2) is 0 Å². The zero-order valence-electron chi connectivity index (χ0n) is 15.5. The maximum atomic E-state index is 12.6. The molecular weight excluding hydrogens is 388 g/mol. The molecule has 29 heavy (non-hydrogen) atoms. The number of aromatic nitrogens is 3. The number of carbonyl (C=O) groups excluding carboxylic acids is 1. The van der Waals surface area contributed by atoms with Gasteiger partial charge in [0.2, 0.25) is 5.95 Å². The number of rotatable bonds is 4. The van der Waals surface area contributed by atoms with Crippen molar-refractivity contribution in [1.82, 2.24) is 15.0 Å². The SMILES string of the molecule is Cc1ccc(NC(=O)c2cccnc2)c(Nc2ccc3nc(N)ncc3c2)c1Cl. The van der Waals surface area contributed by atoms with E-state index in [-0.39, 0.29) is 11.9 Å². The van der Waals surface area contributed by atoms with Gasteiger partial charge in [0.25, 0.3) is 5.91 Å². The first-order chi connectivity index (χ1) is 14.0. The Hall–Kier alpha value is -3.71. The fourth-order valence-corrected chi connectivity index (χ4v) is 3.08. The molecule has 0 bridgehead atoms. The highest BCUT2D eigenvalue weighted by atomic mass is 35.5. The average Bonchev–Trinajstić information content (AvgIpc) is 2.74. The lowest BCUT2D eigenvalue weighted by molar-refractivity contribution is 0.102. The number of halogens is 1. The lowest BCUT2D eigenvalue weighted by Crippen LogP contribution is -2.13. The van der Waals surface area contributed by atoms with Crippen LogP contribution in [0.25, 0.3) is 10.9 Å². The Kier molecular flexibility index (Phi) is 4.97. The Balaban J connectivity index is 1.68. The fourth-order valence-electron chi connectivity index (χ4n) is 2.87. The van der Waals surface area contributed by atoms with E-state index in [2.05, 4.69) is 25.6 Å². The quantitative estimate of drug-likeness (QED) is 0.460. The van der Waals surface area contributed by atoms with Crippen LogP contribution in [0, 0.1) is 6.92 Å². The minimum Gasteiger partial charge on any atom is -0.368 e. The summed E-state index contributed by atoms with van der Waals surface area (Å²) in [6, 6.07) is 12.7. The molecule has 2 aromatic heterocycles. The van der Waals surface area contributed by atoms with E-state index in [4.69, 9.17) is 17.3 Å². The average molecular weight is 405 g/mol. The van der Waals surface area contributed by atoms with Gasteiger partial charge in [-0.3, -0.25) is 9.78 Å². The van der Waals surface area contributed by atoms with Crippen molar-refractivity contribution in [3.05, 3.63) is 77.2 Å². The van der Waals surface area contributed by atoms with Crippen molar-refractivity contribution >= 4 is 51.4 Å². The van der Waals surface area contributed by atoms with Crippen LogP contribution in [0.2, 0.25) is 5.02 Å². The van der Waals surface area contributed by atoms with Crippen molar-refractivity contribution in [2.75, 3.05) is 16.4 Å². The van der Waals surface area contributed by atoms with Gasteiger partial charge in [-0.1, -0.05) is 17.7 Å². The van der Waals surface area contributed by atoms with E-state index in [1.54, 1.807) is 24.5 Å². The first-order valence-electron chi connectivity index (χ1n) is 8.81. The van der Waals surface area contributed by atoms with E-state index in [0.717, 1.165) is 22.2 Å². The number of carbonyl (C=O) groups is 1. The molecule has 0 unspecified atom stereocenters. The molecular formula is C21H17ClN6O. The molecule has 8 heteroatoms. The molecule has 0 aliphatic carbocycles. The maximum absolute atomic E-state index is 12.6. The van der Waals surface area contributed by atoms with Crippen LogP contribution < -0.4 is 16.4 Å². The second-order valence-corrected chi connectivity index (χ2v) is 6.82.